The quantitative estimate of drug-likeness (QED) is 0.102. The second-order valence-electron chi connectivity index (χ2n) is 12.3. The van der Waals surface area contributed by atoms with Gasteiger partial charge in [0.15, 0.2) is 5.82 Å². The number of aryl methyl sites for hydroxylation is 2. The highest BCUT2D eigenvalue weighted by molar-refractivity contribution is 6.22. The Hall–Kier alpha value is -5.39. The number of halogens is 1. The molecule has 6 heteroatoms. The van der Waals surface area contributed by atoms with Gasteiger partial charge in [0, 0.05) is 17.5 Å². The first-order valence-electron chi connectivity index (χ1n) is 16.9. The van der Waals surface area contributed by atoms with Gasteiger partial charge >= 0.3 is 0 Å². The number of pyridine rings is 1. The second-order valence-corrected chi connectivity index (χ2v) is 12.8. The molecular weight excluding hydrogens is 622 g/mol. The van der Waals surface area contributed by atoms with Gasteiger partial charge in [0.2, 0.25) is 0 Å². The molecule has 5 aromatic carbocycles. The van der Waals surface area contributed by atoms with Crippen LogP contribution in [0.1, 0.15) is 64.2 Å². The Labute approximate surface area is 293 Å². The molecule has 7 rings (SSSR count). The maximum atomic E-state index is 7.21. The van der Waals surface area contributed by atoms with E-state index < -0.39 is 5.54 Å². The number of hydrogen-bond donors (Lipinski definition) is 0. The van der Waals surface area contributed by atoms with Crippen LogP contribution in [0.15, 0.2) is 152 Å². The fourth-order valence-electron chi connectivity index (χ4n) is 6.93. The van der Waals surface area contributed by atoms with Gasteiger partial charge in [-0.05, 0) is 80.8 Å². The van der Waals surface area contributed by atoms with Gasteiger partial charge in [-0.2, -0.15) is 0 Å². The molecule has 1 unspecified atom stereocenters. The summed E-state index contributed by atoms with van der Waals surface area (Å²) in [7, 11) is 0. The molecule has 0 fully saturated rings. The fourth-order valence-corrected chi connectivity index (χ4v) is 7.37. The van der Waals surface area contributed by atoms with E-state index in [4.69, 9.17) is 26.9 Å². The van der Waals surface area contributed by atoms with Crippen LogP contribution in [0.25, 0.3) is 22.5 Å². The van der Waals surface area contributed by atoms with Gasteiger partial charge in [-0.3, -0.25) is 4.98 Å². The van der Waals surface area contributed by atoms with Crippen molar-refractivity contribution in [3.05, 3.63) is 191 Å². The number of nitrogens with zero attached hydrogens (tertiary/aromatic N) is 5. The first-order chi connectivity index (χ1) is 24.1. The minimum Gasteiger partial charge on any atom is -0.261 e. The first kappa shape index (κ1) is 32.2. The van der Waals surface area contributed by atoms with E-state index in [0.717, 1.165) is 69.5 Å². The molecule has 0 saturated heterocycles. The number of unbranched alkanes of at least 4 members (excludes halogenated alkanes) is 1. The zero-order valence-electron chi connectivity index (χ0n) is 27.7. The number of aromatic nitrogens is 5. The Kier molecular flexibility index (Phi) is 9.45. The molecule has 0 bridgehead atoms. The minimum absolute atomic E-state index is 0.291. The number of tetrazole rings is 1. The summed E-state index contributed by atoms with van der Waals surface area (Å²) in [4.78, 5) is 4.72. The Balaban J connectivity index is 1.35. The monoisotopic (exact) mass is 659 g/mol. The van der Waals surface area contributed by atoms with Crippen LogP contribution in [0.4, 0.5) is 0 Å². The van der Waals surface area contributed by atoms with Gasteiger partial charge in [0.05, 0.1) is 5.38 Å². The van der Waals surface area contributed by atoms with Crippen LogP contribution in [0.2, 0.25) is 0 Å². The summed E-state index contributed by atoms with van der Waals surface area (Å²) in [5.41, 5.74) is 9.74. The number of benzene rings is 5. The van der Waals surface area contributed by atoms with Crippen molar-refractivity contribution in [2.75, 3.05) is 0 Å². The van der Waals surface area contributed by atoms with E-state index in [1.807, 2.05) is 35.1 Å². The van der Waals surface area contributed by atoms with E-state index in [9.17, 15) is 0 Å². The van der Waals surface area contributed by atoms with Crippen molar-refractivity contribution < 1.29 is 0 Å². The SMILES string of the molecule is CCCCc1nccc(C)c1C(Cl)c1ccc(-c2ccccc2-c2nnnn2C(c2ccccc2)(c2ccccc2)c2ccccc2)cc1. The molecule has 49 heavy (non-hydrogen) atoms. The van der Waals surface area contributed by atoms with Gasteiger partial charge in [-0.1, -0.05) is 153 Å². The first-order valence-corrected chi connectivity index (χ1v) is 17.3. The minimum atomic E-state index is -0.845. The van der Waals surface area contributed by atoms with Crippen LogP contribution in [0.5, 0.6) is 0 Å². The average molecular weight is 660 g/mol. The van der Waals surface area contributed by atoms with Crippen molar-refractivity contribution in [2.24, 2.45) is 0 Å². The molecular formula is C43H38ClN5. The van der Waals surface area contributed by atoms with Crippen molar-refractivity contribution >= 4 is 11.6 Å². The maximum Gasteiger partial charge on any atom is 0.184 e. The van der Waals surface area contributed by atoms with Gasteiger partial charge in [0.1, 0.15) is 5.54 Å². The highest BCUT2D eigenvalue weighted by Gasteiger charge is 2.42. The molecule has 0 N–H and O–H groups in total. The summed E-state index contributed by atoms with van der Waals surface area (Å²) < 4.78 is 1.98. The third kappa shape index (κ3) is 6.07. The number of alkyl halides is 1. The normalized spacial score (nSPS) is 12.1. The standard InChI is InChI=1S/C43H38ClN5/c1-3-4-24-39-40(31(2)29-30-45-39)41(44)33-27-25-32(26-28-33)37-22-14-15-23-38(37)42-46-47-48-49(42)43(34-16-8-5-9-17-34,35-18-10-6-11-19-35)36-20-12-7-13-21-36/h5-23,25-30,41H,3-4,24H2,1-2H3. The average Bonchev–Trinajstić information content (AvgIpc) is 3.65. The zero-order chi connectivity index (χ0) is 33.6. The Bertz CT molecular complexity index is 2030. The molecule has 0 radical (unpaired) electrons. The molecule has 242 valence electrons. The number of rotatable bonds is 11. The third-order valence-corrected chi connectivity index (χ3v) is 9.83. The van der Waals surface area contributed by atoms with E-state index in [1.165, 1.54) is 5.56 Å². The lowest BCUT2D eigenvalue weighted by Crippen LogP contribution is -2.39. The second kappa shape index (κ2) is 14.4. The van der Waals surface area contributed by atoms with Gasteiger partial charge in [-0.25, -0.2) is 4.68 Å². The smallest absolute Gasteiger partial charge is 0.184 e. The van der Waals surface area contributed by atoms with Crippen molar-refractivity contribution in [1.82, 2.24) is 25.2 Å². The molecule has 1 atom stereocenters. The summed E-state index contributed by atoms with van der Waals surface area (Å²) in [6.07, 6.45) is 5.02. The predicted octanol–water partition coefficient (Wildman–Crippen LogP) is 10.2. The molecule has 0 aliphatic heterocycles. The highest BCUT2D eigenvalue weighted by atomic mass is 35.5. The predicted molar refractivity (Wildman–Crippen MR) is 199 cm³/mol. The van der Waals surface area contributed by atoms with Crippen molar-refractivity contribution in [3.63, 3.8) is 0 Å². The fraction of sp³-hybridized carbons (Fsp3) is 0.163. The Morgan fingerprint density at radius 2 is 1.22 bits per heavy atom. The van der Waals surface area contributed by atoms with E-state index >= 15 is 0 Å². The van der Waals surface area contributed by atoms with Gasteiger partial charge in [0.25, 0.3) is 0 Å². The van der Waals surface area contributed by atoms with E-state index in [2.05, 4.69) is 140 Å². The van der Waals surface area contributed by atoms with E-state index in [0.29, 0.717) is 5.82 Å². The molecule has 5 nitrogen and oxygen atoms in total. The van der Waals surface area contributed by atoms with Crippen LogP contribution in [-0.2, 0) is 12.0 Å². The molecule has 7 aromatic rings. The summed E-state index contributed by atoms with van der Waals surface area (Å²) in [5, 5.41) is 13.5. The molecule has 0 aliphatic carbocycles. The largest absolute Gasteiger partial charge is 0.261 e. The summed E-state index contributed by atoms with van der Waals surface area (Å²) >= 11 is 7.21. The van der Waals surface area contributed by atoms with Gasteiger partial charge in [-0.15, -0.1) is 16.7 Å². The summed E-state index contributed by atoms with van der Waals surface area (Å²) in [6.45, 7) is 4.32. The molecule has 2 aromatic heterocycles. The van der Waals surface area contributed by atoms with Crippen LogP contribution >= 0.6 is 11.6 Å². The molecule has 0 amide bonds. The molecule has 0 aliphatic rings. The van der Waals surface area contributed by atoms with Crippen LogP contribution in [0.3, 0.4) is 0 Å². The molecule has 2 heterocycles. The van der Waals surface area contributed by atoms with Gasteiger partial charge < -0.3 is 0 Å². The summed E-state index contributed by atoms with van der Waals surface area (Å²) in [5.74, 6) is 0.665. The molecule has 0 spiro atoms. The van der Waals surface area contributed by atoms with Crippen molar-refractivity contribution in [2.45, 2.75) is 44.0 Å². The summed E-state index contributed by atoms with van der Waals surface area (Å²) in [6, 6.07) is 50.4. The lowest BCUT2D eigenvalue weighted by atomic mass is 9.77. The lowest BCUT2D eigenvalue weighted by Gasteiger charge is -2.36. The van der Waals surface area contributed by atoms with Crippen LogP contribution < -0.4 is 0 Å². The van der Waals surface area contributed by atoms with Crippen molar-refractivity contribution in [3.8, 4) is 22.5 Å². The highest BCUT2D eigenvalue weighted by Crippen LogP contribution is 2.43. The van der Waals surface area contributed by atoms with Crippen LogP contribution in [-0.4, -0.2) is 25.2 Å². The Morgan fingerprint density at radius 3 is 1.80 bits per heavy atom. The maximum absolute atomic E-state index is 7.21. The van der Waals surface area contributed by atoms with Crippen molar-refractivity contribution in [1.29, 1.82) is 0 Å². The third-order valence-electron chi connectivity index (χ3n) is 9.36. The van der Waals surface area contributed by atoms with Crippen LogP contribution in [0, 0.1) is 6.92 Å². The molecule has 0 saturated carbocycles. The van der Waals surface area contributed by atoms with E-state index in [1.54, 1.807) is 0 Å². The zero-order valence-corrected chi connectivity index (χ0v) is 28.5. The van der Waals surface area contributed by atoms with E-state index in [-0.39, 0.29) is 5.38 Å². The lowest BCUT2D eigenvalue weighted by molar-refractivity contribution is 0.451. The topological polar surface area (TPSA) is 56.5 Å². The number of hydrogen-bond acceptors (Lipinski definition) is 4. The Morgan fingerprint density at radius 1 is 0.673 bits per heavy atom.